The summed E-state index contributed by atoms with van der Waals surface area (Å²) in [6.07, 6.45) is 1.10. The molecule has 0 bridgehead atoms. The van der Waals surface area contributed by atoms with Gasteiger partial charge in [-0.3, -0.25) is 9.59 Å². The molecule has 0 radical (unpaired) electrons. The van der Waals surface area contributed by atoms with Crippen molar-refractivity contribution in [2.24, 2.45) is 0 Å². The average Bonchev–Trinajstić information content (AvgIpc) is 3.18. The third kappa shape index (κ3) is 2.08. The second kappa shape index (κ2) is 5.36. The van der Waals surface area contributed by atoms with E-state index in [4.69, 9.17) is 9.52 Å². The van der Waals surface area contributed by atoms with Gasteiger partial charge in [-0.25, -0.2) is 0 Å². The van der Waals surface area contributed by atoms with Crippen LogP contribution in [0.15, 0.2) is 22.8 Å². The molecule has 1 unspecified atom stereocenters. The van der Waals surface area contributed by atoms with Crippen LogP contribution in [0.4, 0.5) is 0 Å². The number of hydrogen-bond acceptors (Lipinski definition) is 6. The van der Waals surface area contributed by atoms with Gasteiger partial charge in [0.25, 0.3) is 0 Å². The van der Waals surface area contributed by atoms with Crippen LogP contribution >= 0.6 is 0 Å². The second-order valence-corrected chi connectivity index (χ2v) is 6.76. The number of ketones is 2. The van der Waals surface area contributed by atoms with Gasteiger partial charge < -0.3 is 19.7 Å². The van der Waals surface area contributed by atoms with Gasteiger partial charge in [-0.15, -0.1) is 0 Å². The van der Waals surface area contributed by atoms with Crippen molar-refractivity contribution in [2.75, 3.05) is 6.61 Å². The number of benzene rings is 1. The Balaban J connectivity index is 1.95. The van der Waals surface area contributed by atoms with Crippen molar-refractivity contribution >= 4 is 11.6 Å². The van der Waals surface area contributed by atoms with E-state index in [0.29, 0.717) is 40.7 Å². The highest BCUT2D eigenvalue weighted by Crippen LogP contribution is 2.46. The first-order valence-electron chi connectivity index (χ1n) is 8.25. The van der Waals surface area contributed by atoms with Crippen molar-refractivity contribution in [2.45, 2.75) is 37.9 Å². The van der Waals surface area contributed by atoms with Gasteiger partial charge in [-0.1, -0.05) is 12.1 Å². The molecule has 0 saturated heterocycles. The van der Waals surface area contributed by atoms with Crippen LogP contribution in [0.1, 0.15) is 74.6 Å². The second-order valence-electron chi connectivity index (χ2n) is 6.76. The normalized spacial score (nSPS) is 22.6. The predicted molar refractivity (Wildman–Crippen MR) is 86.6 cm³/mol. The number of carbonyl (C=O) groups excluding carboxylic acids is 2. The summed E-state index contributed by atoms with van der Waals surface area (Å²) in [5.74, 6) is -0.405. The first-order valence-corrected chi connectivity index (χ1v) is 8.25. The molecule has 6 nitrogen and oxygen atoms in total. The maximum Gasteiger partial charge on any atom is 0.229 e. The molecule has 2 aliphatic rings. The highest BCUT2D eigenvalue weighted by molar-refractivity contribution is 6.15. The Kier molecular flexibility index (Phi) is 3.47. The van der Waals surface area contributed by atoms with E-state index in [1.165, 1.54) is 6.26 Å². The first kappa shape index (κ1) is 16.2. The number of Topliss-reactive ketones (excluding diaryl/α,β-unsaturated/α-hetero) is 1. The van der Waals surface area contributed by atoms with E-state index >= 15 is 0 Å². The van der Waals surface area contributed by atoms with E-state index in [1.807, 2.05) is 0 Å². The smallest absolute Gasteiger partial charge is 0.229 e. The fraction of sp³-hybridized carbons (Fsp3) is 0.368. The van der Waals surface area contributed by atoms with Gasteiger partial charge in [0, 0.05) is 41.7 Å². The summed E-state index contributed by atoms with van der Waals surface area (Å²) in [5, 5.41) is 30.5. The van der Waals surface area contributed by atoms with Crippen LogP contribution < -0.4 is 0 Å². The first-order chi connectivity index (χ1) is 11.9. The third-order valence-corrected chi connectivity index (χ3v) is 5.24. The van der Waals surface area contributed by atoms with Crippen LogP contribution in [-0.4, -0.2) is 33.5 Å². The highest BCUT2D eigenvalue weighted by Gasteiger charge is 2.46. The zero-order valence-electron chi connectivity index (χ0n) is 13.7. The van der Waals surface area contributed by atoms with Crippen molar-refractivity contribution in [3.63, 3.8) is 0 Å². The van der Waals surface area contributed by atoms with E-state index in [2.05, 4.69) is 0 Å². The zero-order chi connectivity index (χ0) is 17.9. The van der Waals surface area contributed by atoms with Crippen molar-refractivity contribution < 1.29 is 29.3 Å². The quantitative estimate of drug-likeness (QED) is 0.782. The van der Waals surface area contributed by atoms with Gasteiger partial charge in [0.1, 0.15) is 5.60 Å². The fourth-order valence-electron chi connectivity index (χ4n) is 4.02. The molecular formula is C19H18O6. The Hall–Kier alpha value is -2.28. The highest BCUT2D eigenvalue weighted by atomic mass is 16.3. The van der Waals surface area contributed by atoms with Crippen LogP contribution in [0.3, 0.4) is 0 Å². The topological polar surface area (TPSA) is 108 Å². The lowest BCUT2D eigenvalue weighted by Gasteiger charge is -2.32. The van der Waals surface area contributed by atoms with E-state index in [1.54, 1.807) is 19.1 Å². The standard InChI is InChI=1S/C19H18O6/c1-19(24)12-4-2-9-10(3-5-13(9)21)15(12)17(23)18-16(19)11(8-25-18)14(22)6-7-20/h2,4,8,14,20,22,24H,3,5-7H2,1H3/t14-,19?/m1/s1. The predicted octanol–water partition coefficient (Wildman–Crippen LogP) is 1.62. The molecule has 130 valence electrons. The molecule has 1 aromatic carbocycles. The molecule has 2 atom stereocenters. The zero-order valence-corrected chi connectivity index (χ0v) is 13.7. The molecule has 0 fully saturated rings. The lowest BCUT2D eigenvalue weighted by atomic mass is 9.74. The Morgan fingerprint density at radius 1 is 1.28 bits per heavy atom. The van der Waals surface area contributed by atoms with Crippen molar-refractivity contribution in [1.82, 2.24) is 0 Å². The van der Waals surface area contributed by atoms with Crippen LogP contribution in [-0.2, 0) is 12.0 Å². The van der Waals surface area contributed by atoms with Gasteiger partial charge in [0.15, 0.2) is 11.5 Å². The van der Waals surface area contributed by atoms with Crippen LogP contribution in [0.2, 0.25) is 0 Å². The van der Waals surface area contributed by atoms with E-state index in [0.717, 1.165) is 0 Å². The number of carbonyl (C=O) groups is 2. The van der Waals surface area contributed by atoms with Crippen molar-refractivity contribution in [3.05, 3.63) is 57.5 Å². The van der Waals surface area contributed by atoms with E-state index in [-0.39, 0.29) is 35.9 Å². The van der Waals surface area contributed by atoms with Crippen molar-refractivity contribution in [1.29, 1.82) is 0 Å². The van der Waals surface area contributed by atoms with Gasteiger partial charge in [0.2, 0.25) is 5.78 Å². The van der Waals surface area contributed by atoms with Crippen LogP contribution in [0, 0.1) is 0 Å². The van der Waals surface area contributed by atoms with Crippen LogP contribution in [0.25, 0.3) is 0 Å². The number of rotatable bonds is 3. The number of furan rings is 1. The summed E-state index contributed by atoms with van der Waals surface area (Å²) < 4.78 is 5.41. The van der Waals surface area contributed by atoms with E-state index in [9.17, 15) is 19.8 Å². The molecular weight excluding hydrogens is 324 g/mol. The Labute approximate surface area is 143 Å². The van der Waals surface area contributed by atoms with Gasteiger partial charge in [0.05, 0.1) is 12.4 Å². The fourth-order valence-corrected chi connectivity index (χ4v) is 4.02. The third-order valence-electron chi connectivity index (χ3n) is 5.24. The maximum atomic E-state index is 13.0. The van der Waals surface area contributed by atoms with Gasteiger partial charge in [-0.2, -0.15) is 0 Å². The number of hydrogen-bond donors (Lipinski definition) is 3. The number of fused-ring (bicyclic) bond motifs is 4. The molecule has 0 saturated carbocycles. The molecule has 1 heterocycles. The molecule has 0 amide bonds. The summed E-state index contributed by atoms with van der Waals surface area (Å²) in [4.78, 5) is 25.0. The molecule has 1 aromatic heterocycles. The number of aliphatic hydroxyl groups is 3. The lowest BCUT2D eigenvalue weighted by Crippen LogP contribution is -2.34. The SMILES string of the molecule is CC1(O)c2ccc3c(c2C(=O)c2occ([C@H](O)CCO)c21)CCC3=O. The Morgan fingerprint density at radius 3 is 2.76 bits per heavy atom. The minimum Gasteiger partial charge on any atom is -0.460 e. The summed E-state index contributed by atoms with van der Waals surface area (Å²) in [7, 11) is 0. The average molecular weight is 342 g/mol. The Morgan fingerprint density at radius 2 is 2.04 bits per heavy atom. The summed E-state index contributed by atoms with van der Waals surface area (Å²) in [6, 6.07) is 3.26. The molecule has 0 aliphatic heterocycles. The summed E-state index contributed by atoms with van der Waals surface area (Å²) in [5.41, 5.74) is 0.916. The number of aliphatic hydroxyl groups excluding tert-OH is 2. The molecule has 25 heavy (non-hydrogen) atoms. The van der Waals surface area contributed by atoms with Gasteiger partial charge >= 0.3 is 0 Å². The molecule has 2 aromatic rings. The minimum absolute atomic E-state index is 0.00505. The molecule has 6 heteroatoms. The van der Waals surface area contributed by atoms with E-state index < -0.39 is 11.7 Å². The van der Waals surface area contributed by atoms with Crippen molar-refractivity contribution in [3.8, 4) is 0 Å². The maximum absolute atomic E-state index is 13.0. The molecule has 2 aliphatic carbocycles. The lowest BCUT2D eigenvalue weighted by molar-refractivity contribution is 0.0786. The largest absolute Gasteiger partial charge is 0.460 e. The van der Waals surface area contributed by atoms with Gasteiger partial charge in [-0.05, 0) is 24.5 Å². The Bertz CT molecular complexity index is 905. The summed E-state index contributed by atoms with van der Waals surface area (Å²) in [6.45, 7) is 1.31. The summed E-state index contributed by atoms with van der Waals surface area (Å²) >= 11 is 0. The monoisotopic (exact) mass is 342 g/mol. The molecule has 4 rings (SSSR count). The molecule has 3 N–H and O–H groups in total. The molecule has 0 spiro atoms. The van der Waals surface area contributed by atoms with Crippen LogP contribution in [0.5, 0.6) is 0 Å². The minimum atomic E-state index is -1.54.